The molecule has 8 heteroatoms. The van der Waals surface area contributed by atoms with Gasteiger partial charge in [0.15, 0.2) is 0 Å². The van der Waals surface area contributed by atoms with Gasteiger partial charge in [0, 0.05) is 29.2 Å². The van der Waals surface area contributed by atoms with Gasteiger partial charge in [-0.3, -0.25) is 19.7 Å². The smallest absolute Gasteiger partial charge is 0.273 e. The molecule has 1 N–H and O–H groups in total. The molecular weight excluding hydrogens is 418 g/mol. The first-order valence-corrected chi connectivity index (χ1v) is 10.7. The Kier molecular flexibility index (Phi) is 9.00. The Hall–Kier alpha value is -2.93. The van der Waals surface area contributed by atoms with Crippen LogP contribution in [-0.4, -0.2) is 33.7 Å². The van der Waals surface area contributed by atoms with Gasteiger partial charge >= 0.3 is 0 Å². The van der Waals surface area contributed by atoms with E-state index in [9.17, 15) is 19.7 Å². The van der Waals surface area contributed by atoms with Crippen molar-refractivity contribution in [1.29, 1.82) is 0 Å². The molecule has 0 aliphatic heterocycles. The van der Waals surface area contributed by atoms with E-state index in [2.05, 4.69) is 5.32 Å². The van der Waals surface area contributed by atoms with Gasteiger partial charge in [0.05, 0.1) is 11.3 Å². The maximum atomic E-state index is 13.3. The number of benzene rings is 2. The summed E-state index contributed by atoms with van der Waals surface area (Å²) in [5, 5.41) is 14.8. The lowest BCUT2D eigenvalue weighted by Crippen LogP contribution is -2.51. The predicted molar refractivity (Wildman–Crippen MR) is 121 cm³/mol. The summed E-state index contributed by atoms with van der Waals surface area (Å²) in [5.41, 5.74) is 0.888. The number of nitro groups is 1. The molecule has 2 amide bonds. The van der Waals surface area contributed by atoms with Gasteiger partial charge in [-0.1, -0.05) is 61.8 Å². The Morgan fingerprint density at radius 3 is 2.26 bits per heavy atom. The first-order valence-electron chi connectivity index (χ1n) is 10.3. The van der Waals surface area contributed by atoms with Crippen LogP contribution in [0, 0.1) is 10.1 Å². The minimum Gasteiger partial charge on any atom is -0.352 e. The molecule has 0 spiro atoms. The van der Waals surface area contributed by atoms with Crippen LogP contribution in [0.15, 0.2) is 48.5 Å². The van der Waals surface area contributed by atoms with Crippen LogP contribution in [0.1, 0.15) is 44.7 Å². The van der Waals surface area contributed by atoms with Gasteiger partial charge in [0.1, 0.15) is 6.04 Å². The number of carbonyl (C=O) groups excluding carboxylic acids is 2. The highest BCUT2D eigenvalue weighted by molar-refractivity contribution is 6.31. The summed E-state index contributed by atoms with van der Waals surface area (Å²) in [4.78, 5) is 38.6. The van der Waals surface area contributed by atoms with Crippen LogP contribution in [0.5, 0.6) is 0 Å². The van der Waals surface area contributed by atoms with Gasteiger partial charge < -0.3 is 10.2 Å². The van der Waals surface area contributed by atoms with Crippen molar-refractivity contribution < 1.29 is 14.5 Å². The molecule has 2 atom stereocenters. The molecule has 0 aromatic heterocycles. The lowest BCUT2D eigenvalue weighted by molar-refractivity contribution is -0.385. The molecule has 166 valence electrons. The summed E-state index contributed by atoms with van der Waals surface area (Å²) in [5.74, 6) is -0.625. The van der Waals surface area contributed by atoms with Crippen LogP contribution in [0.25, 0.3) is 0 Å². The average molecular weight is 446 g/mol. The summed E-state index contributed by atoms with van der Waals surface area (Å²) < 4.78 is 0. The van der Waals surface area contributed by atoms with Gasteiger partial charge in [-0.15, -0.1) is 0 Å². The summed E-state index contributed by atoms with van der Waals surface area (Å²) in [7, 11) is 0. The molecule has 0 fully saturated rings. The zero-order chi connectivity index (χ0) is 23.0. The molecule has 0 aliphatic carbocycles. The van der Waals surface area contributed by atoms with Crippen molar-refractivity contribution in [2.45, 2.75) is 58.7 Å². The number of hydrogen-bond acceptors (Lipinski definition) is 4. The fourth-order valence-corrected chi connectivity index (χ4v) is 3.47. The molecule has 0 unspecified atom stereocenters. The summed E-state index contributed by atoms with van der Waals surface area (Å²) in [6.45, 7) is 5.83. The van der Waals surface area contributed by atoms with Crippen molar-refractivity contribution in [2.75, 3.05) is 0 Å². The van der Waals surface area contributed by atoms with Crippen LogP contribution >= 0.6 is 11.6 Å². The van der Waals surface area contributed by atoms with E-state index < -0.39 is 11.0 Å². The van der Waals surface area contributed by atoms with Crippen LogP contribution < -0.4 is 5.32 Å². The Morgan fingerprint density at radius 2 is 1.68 bits per heavy atom. The van der Waals surface area contributed by atoms with Crippen molar-refractivity contribution in [2.24, 2.45) is 0 Å². The third kappa shape index (κ3) is 6.52. The quantitative estimate of drug-likeness (QED) is 0.430. The Bertz CT molecular complexity index is 935. The molecule has 0 heterocycles. The maximum absolute atomic E-state index is 13.3. The molecule has 2 rings (SSSR count). The van der Waals surface area contributed by atoms with E-state index in [-0.39, 0.29) is 36.5 Å². The highest BCUT2D eigenvalue weighted by Crippen LogP contribution is 2.23. The van der Waals surface area contributed by atoms with E-state index in [0.717, 1.165) is 6.42 Å². The number of carbonyl (C=O) groups is 2. The van der Waals surface area contributed by atoms with Crippen molar-refractivity contribution in [3.8, 4) is 0 Å². The van der Waals surface area contributed by atoms with Crippen LogP contribution in [0.4, 0.5) is 5.69 Å². The van der Waals surface area contributed by atoms with Crippen molar-refractivity contribution in [3.63, 3.8) is 0 Å². The zero-order valence-electron chi connectivity index (χ0n) is 18.0. The molecule has 0 saturated carbocycles. The van der Waals surface area contributed by atoms with Crippen molar-refractivity contribution in [3.05, 3.63) is 74.8 Å². The first kappa shape index (κ1) is 24.3. The van der Waals surface area contributed by atoms with Gasteiger partial charge in [0.2, 0.25) is 11.8 Å². The number of amides is 2. The Morgan fingerprint density at radius 1 is 1.06 bits per heavy atom. The lowest BCUT2D eigenvalue weighted by atomic mass is 10.0. The van der Waals surface area contributed by atoms with E-state index in [0.29, 0.717) is 22.6 Å². The average Bonchev–Trinajstić information content (AvgIpc) is 2.74. The molecule has 2 aromatic carbocycles. The van der Waals surface area contributed by atoms with Gasteiger partial charge in [-0.05, 0) is 31.4 Å². The van der Waals surface area contributed by atoms with E-state index in [1.165, 1.54) is 11.0 Å². The fourth-order valence-electron chi connectivity index (χ4n) is 3.27. The second kappa shape index (κ2) is 11.5. The largest absolute Gasteiger partial charge is 0.352 e. The monoisotopic (exact) mass is 445 g/mol. The minimum atomic E-state index is -0.722. The minimum absolute atomic E-state index is 0.0333. The van der Waals surface area contributed by atoms with E-state index in [1.807, 2.05) is 26.8 Å². The van der Waals surface area contributed by atoms with Gasteiger partial charge in [-0.2, -0.15) is 0 Å². The number of halogens is 1. The molecule has 2 aromatic rings. The van der Waals surface area contributed by atoms with E-state index in [4.69, 9.17) is 11.6 Å². The predicted octanol–water partition coefficient (Wildman–Crippen LogP) is 4.51. The number of nitro benzene ring substituents is 1. The number of hydrogen-bond donors (Lipinski definition) is 1. The lowest BCUT2D eigenvalue weighted by Gasteiger charge is -2.31. The molecule has 0 aliphatic rings. The number of nitrogens with zero attached hydrogens (tertiary/aromatic N) is 2. The van der Waals surface area contributed by atoms with Gasteiger partial charge in [-0.25, -0.2) is 0 Å². The molecule has 0 bridgehead atoms. The molecule has 7 nitrogen and oxygen atoms in total. The third-order valence-electron chi connectivity index (χ3n) is 5.22. The van der Waals surface area contributed by atoms with Crippen LogP contribution in [-0.2, 0) is 22.6 Å². The SMILES string of the molecule is CC[C@H](C(=O)N[C@@H](C)CC)N(Cc1ccccc1Cl)C(=O)Cc1ccccc1[N+](=O)[O-]. The molecular formula is C23H28ClN3O4. The highest BCUT2D eigenvalue weighted by Gasteiger charge is 2.30. The van der Waals surface area contributed by atoms with Gasteiger partial charge in [0.25, 0.3) is 5.69 Å². The highest BCUT2D eigenvalue weighted by atomic mass is 35.5. The van der Waals surface area contributed by atoms with E-state index >= 15 is 0 Å². The standard InChI is InChI=1S/C23H28ClN3O4/c1-4-16(3)25-23(29)20(5-2)26(15-18-11-6-8-12-19(18)24)22(28)14-17-10-7-9-13-21(17)27(30)31/h6-13,16,20H,4-5,14-15H2,1-3H3,(H,25,29)/t16-,20+/m0/s1. The first-order chi connectivity index (χ1) is 14.8. The normalized spacial score (nSPS) is 12.6. The van der Waals surface area contributed by atoms with Crippen LogP contribution in [0.3, 0.4) is 0 Å². The number of nitrogens with one attached hydrogen (secondary N) is 1. The Labute approximate surface area is 187 Å². The third-order valence-corrected chi connectivity index (χ3v) is 5.58. The van der Waals surface area contributed by atoms with Crippen molar-refractivity contribution >= 4 is 29.1 Å². The summed E-state index contributed by atoms with van der Waals surface area (Å²) >= 11 is 6.31. The Balaban J connectivity index is 2.38. The topological polar surface area (TPSA) is 92.6 Å². The zero-order valence-corrected chi connectivity index (χ0v) is 18.8. The molecule has 31 heavy (non-hydrogen) atoms. The summed E-state index contributed by atoms with van der Waals surface area (Å²) in [6.07, 6.45) is 0.973. The number of para-hydroxylation sites is 1. The number of rotatable bonds is 10. The second-order valence-electron chi connectivity index (χ2n) is 7.42. The molecule has 0 saturated heterocycles. The van der Waals surface area contributed by atoms with E-state index in [1.54, 1.807) is 36.4 Å². The maximum Gasteiger partial charge on any atom is 0.273 e. The van der Waals surface area contributed by atoms with Crippen molar-refractivity contribution in [1.82, 2.24) is 10.2 Å². The van der Waals surface area contributed by atoms with Crippen LogP contribution in [0.2, 0.25) is 5.02 Å². The fraction of sp³-hybridized carbons (Fsp3) is 0.391. The summed E-state index contributed by atoms with van der Waals surface area (Å²) in [6, 6.07) is 12.5. The molecule has 0 radical (unpaired) electrons. The second-order valence-corrected chi connectivity index (χ2v) is 7.82.